The number of benzene rings is 3. The van der Waals surface area contributed by atoms with Gasteiger partial charge in [-0.1, -0.05) is 54.6 Å². The van der Waals surface area contributed by atoms with Crippen molar-refractivity contribution < 1.29 is 9.32 Å². The molecule has 1 heterocycles. The van der Waals surface area contributed by atoms with Crippen LogP contribution in [0.2, 0.25) is 0 Å². The Labute approximate surface area is 170 Å². The van der Waals surface area contributed by atoms with E-state index in [9.17, 15) is 14.1 Å². The fourth-order valence-corrected chi connectivity index (χ4v) is 4.34. The summed E-state index contributed by atoms with van der Waals surface area (Å²) in [6, 6.07) is 27.5. The molecular formula is C23H20N2O3S. The molecule has 0 saturated heterocycles. The molecule has 1 atom stereocenters. The standard InChI is InChI=1S/C23H20N2O3S/c26-22-21(16-17-29(28)20-14-8-3-9-15-20)23(27)25(19-12-6-2-7-13-19)24(22)18-10-4-1-5-11-18/h1-15,26H,16-17H2/t29-/m0/s1. The number of aromatic nitrogens is 2. The van der Waals surface area contributed by atoms with Gasteiger partial charge < -0.3 is 5.11 Å². The minimum atomic E-state index is -1.26. The predicted molar refractivity (Wildman–Crippen MR) is 114 cm³/mol. The van der Waals surface area contributed by atoms with Crippen molar-refractivity contribution >= 4 is 10.8 Å². The normalized spacial score (nSPS) is 12.0. The van der Waals surface area contributed by atoms with Crippen LogP contribution in [0.25, 0.3) is 11.4 Å². The molecule has 3 aromatic carbocycles. The highest BCUT2D eigenvalue weighted by Crippen LogP contribution is 2.24. The van der Waals surface area contributed by atoms with Gasteiger partial charge in [-0.2, -0.15) is 0 Å². The van der Waals surface area contributed by atoms with Crippen molar-refractivity contribution in [3.8, 4) is 17.3 Å². The molecule has 1 N–H and O–H groups in total. The summed E-state index contributed by atoms with van der Waals surface area (Å²) in [6.07, 6.45) is 0.207. The molecule has 0 spiro atoms. The highest BCUT2D eigenvalue weighted by atomic mass is 32.2. The van der Waals surface area contributed by atoms with Gasteiger partial charge in [-0.15, -0.1) is 0 Å². The van der Waals surface area contributed by atoms with Crippen LogP contribution in [0.1, 0.15) is 5.56 Å². The summed E-state index contributed by atoms with van der Waals surface area (Å²) in [7, 11) is -1.26. The minimum Gasteiger partial charge on any atom is -0.493 e. The van der Waals surface area contributed by atoms with Gasteiger partial charge in [0.05, 0.1) is 27.7 Å². The van der Waals surface area contributed by atoms with E-state index in [1.807, 2.05) is 78.9 Å². The van der Waals surface area contributed by atoms with Crippen LogP contribution in [0.5, 0.6) is 5.88 Å². The van der Waals surface area contributed by atoms with Crippen molar-refractivity contribution in [2.75, 3.05) is 5.75 Å². The van der Waals surface area contributed by atoms with Gasteiger partial charge >= 0.3 is 0 Å². The van der Waals surface area contributed by atoms with E-state index in [0.29, 0.717) is 16.3 Å². The van der Waals surface area contributed by atoms with Crippen LogP contribution in [0.15, 0.2) is 101 Å². The number of para-hydroxylation sites is 2. The number of nitrogens with zero attached hydrogens (tertiary/aromatic N) is 2. The zero-order valence-corrected chi connectivity index (χ0v) is 16.5. The second kappa shape index (κ2) is 8.32. The molecule has 0 aliphatic heterocycles. The molecule has 0 unspecified atom stereocenters. The van der Waals surface area contributed by atoms with Crippen LogP contribution >= 0.6 is 0 Å². The van der Waals surface area contributed by atoms with E-state index < -0.39 is 10.8 Å². The topological polar surface area (TPSA) is 64.2 Å². The Kier molecular flexibility index (Phi) is 5.44. The first kappa shape index (κ1) is 19.0. The molecule has 0 bridgehead atoms. The van der Waals surface area contributed by atoms with E-state index in [0.717, 1.165) is 0 Å². The zero-order chi connectivity index (χ0) is 20.2. The maximum atomic E-state index is 13.2. The molecule has 6 heteroatoms. The van der Waals surface area contributed by atoms with Crippen LogP contribution < -0.4 is 5.56 Å². The second-order valence-corrected chi connectivity index (χ2v) is 8.09. The SMILES string of the molecule is O=c1c(CC[S@](=O)c2ccccc2)c(O)n(-c2ccccc2)n1-c1ccccc1. The van der Waals surface area contributed by atoms with Crippen LogP contribution in [0, 0.1) is 0 Å². The van der Waals surface area contributed by atoms with E-state index in [-0.39, 0.29) is 29.2 Å². The Morgan fingerprint density at radius 2 is 1.21 bits per heavy atom. The third kappa shape index (κ3) is 3.79. The molecule has 0 amide bonds. The first-order chi connectivity index (χ1) is 14.2. The van der Waals surface area contributed by atoms with Gasteiger partial charge in [0.15, 0.2) is 0 Å². The van der Waals surface area contributed by atoms with E-state index in [1.54, 1.807) is 12.1 Å². The lowest BCUT2D eigenvalue weighted by atomic mass is 10.2. The summed E-state index contributed by atoms with van der Waals surface area (Å²) < 4.78 is 15.5. The molecule has 5 nitrogen and oxygen atoms in total. The number of rotatable bonds is 6. The molecule has 0 saturated carbocycles. The monoisotopic (exact) mass is 404 g/mol. The lowest BCUT2D eigenvalue weighted by molar-refractivity contribution is 0.421. The minimum absolute atomic E-state index is 0.130. The van der Waals surface area contributed by atoms with Crippen LogP contribution in [-0.4, -0.2) is 24.4 Å². The summed E-state index contributed by atoms with van der Waals surface area (Å²) in [5, 5.41) is 10.9. The summed E-state index contributed by atoms with van der Waals surface area (Å²) in [5.74, 6) is 0.121. The van der Waals surface area contributed by atoms with Crippen LogP contribution in [-0.2, 0) is 17.2 Å². The second-order valence-electron chi connectivity index (χ2n) is 6.51. The van der Waals surface area contributed by atoms with Gasteiger partial charge in [0, 0.05) is 10.6 Å². The van der Waals surface area contributed by atoms with Crippen molar-refractivity contribution in [1.82, 2.24) is 9.36 Å². The molecule has 0 aliphatic carbocycles. The Balaban J connectivity index is 1.77. The Hall–Kier alpha value is -3.38. The van der Waals surface area contributed by atoms with Gasteiger partial charge in [-0.25, -0.2) is 9.36 Å². The van der Waals surface area contributed by atoms with Crippen LogP contribution in [0.3, 0.4) is 0 Å². The third-order valence-corrected chi connectivity index (χ3v) is 6.04. The first-order valence-electron chi connectivity index (χ1n) is 9.27. The van der Waals surface area contributed by atoms with Gasteiger partial charge in [0.25, 0.3) is 5.56 Å². The molecule has 0 fully saturated rings. The zero-order valence-electron chi connectivity index (χ0n) is 15.6. The van der Waals surface area contributed by atoms with E-state index in [1.165, 1.54) is 9.36 Å². The lowest BCUT2D eigenvalue weighted by Crippen LogP contribution is -2.22. The first-order valence-corrected chi connectivity index (χ1v) is 10.6. The molecule has 0 radical (unpaired) electrons. The lowest BCUT2D eigenvalue weighted by Gasteiger charge is -2.12. The summed E-state index contributed by atoms with van der Waals surface area (Å²) in [5.41, 5.74) is 1.25. The summed E-state index contributed by atoms with van der Waals surface area (Å²) in [6.45, 7) is 0. The number of aromatic hydroxyl groups is 1. The van der Waals surface area contributed by atoms with E-state index in [4.69, 9.17) is 0 Å². The summed E-state index contributed by atoms with van der Waals surface area (Å²) >= 11 is 0. The highest BCUT2D eigenvalue weighted by molar-refractivity contribution is 7.85. The average molecular weight is 404 g/mol. The maximum absolute atomic E-state index is 13.2. The largest absolute Gasteiger partial charge is 0.493 e. The quantitative estimate of drug-likeness (QED) is 0.533. The highest BCUT2D eigenvalue weighted by Gasteiger charge is 2.22. The summed E-state index contributed by atoms with van der Waals surface area (Å²) in [4.78, 5) is 13.9. The predicted octanol–water partition coefficient (Wildman–Crippen LogP) is 3.68. The molecule has 146 valence electrons. The smallest absolute Gasteiger partial charge is 0.278 e. The maximum Gasteiger partial charge on any atom is 0.278 e. The van der Waals surface area contributed by atoms with E-state index >= 15 is 0 Å². The van der Waals surface area contributed by atoms with Crippen molar-refractivity contribution in [2.45, 2.75) is 11.3 Å². The van der Waals surface area contributed by atoms with Gasteiger partial charge in [-0.3, -0.25) is 9.00 Å². The number of hydrogen-bond acceptors (Lipinski definition) is 3. The Morgan fingerprint density at radius 3 is 1.76 bits per heavy atom. The molecule has 1 aromatic heterocycles. The number of hydrogen-bond donors (Lipinski definition) is 1. The van der Waals surface area contributed by atoms with E-state index in [2.05, 4.69) is 0 Å². The van der Waals surface area contributed by atoms with Crippen LogP contribution in [0.4, 0.5) is 0 Å². The van der Waals surface area contributed by atoms with Gasteiger partial charge in [-0.05, 0) is 42.8 Å². The fourth-order valence-electron chi connectivity index (χ4n) is 3.25. The average Bonchev–Trinajstić information content (AvgIpc) is 3.03. The van der Waals surface area contributed by atoms with Crippen molar-refractivity contribution in [1.29, 1.82) is 0 Å². The molecule has 4 aromatic rings. The molecule has 29 heavy (non-hydrogen) atoms. The third-order valence-electron chi connectivity index (χ3n) is 4.67. The fraction of sp³-hybridized carbons (Fsp3) is 0.0870. The Bertz CT molecular complexity index is 1180. The molecular weight excluding hydrogens is 384 g/mol. The van der Waals surface area contributed by atoms with Crippen molar-refractivity contribution in [2.24, 2.45) is 0 Å². The molecule has 4 rings (SSSR count). The van der Waals surface area contributed by atoms with Crippen molar-refractivity contribution in [3.05, 3.63) is 107 Å². The van der Waals surface area contributed by atoms with Gasteiger partial charge in [0.1, 0.15) is 0 Å². The molecule has 0 aliphatic rings. The van der Waals surface area contributed by atoms with Gasteiger partial charge in [0.2, 0.25) is 5.88 Å². The van der Waals surface area contributed by atoms with Crippen molar-refractivity contribution in [3.63, 3.8) is 0 Å². The Morgan fingerprint density at radius 1 is 0.724 bits per heavy atom.